The number of nitrogens with one attached hydrogen (secondary N) is 1. The minimum absolute atomic E-state index is 0.195. The van der Waals surface area contributed by atoms with Crippen molar-refractivity contribution in [1.29, 1.82) is 0 Å². The predicted octanol–water partition coefficient (Wildman–Crippen LogP) is 4.57. The van der Waals surface area contributed by atoms with Crippen LogP contribution in [-0.2, 0) is 6.54 Å². The third-order valence-electron chi connectivity index (χ3n) is 3.89. The average molecular weight is 280 g/mol. The van der Waals surface area contributed by atoms with Gasteiger partial charge in [-0.1, -0.05) is 36.4 Å². The van der Waals surface area contributed by atoms with Crippen LogP contribution in [0.4, 0.5) is 0 Å². The Kier molecular flexibility index (Phi) is 3.73. The topological polar surface area (TPSA) is 17.0 Å². The summed E-state index contributed by atoms with van der Waals surface area (Å²) in [6.07, 6.45) is 1.14. The Morgan fingerprint density at radius 1 is 0.857 bits per heavy atom. The summed E-state index contributed by atoms with van der Waals surface area (Å²) in [5.74, 6) is 0. The molecule has 0 saturated carbocycles. The molecular formula is C19H24N2. The van der Waals surface area contributed by atoms with E-state index < -0.39 is 0 Å². The van der Waals surface area contributed by atoms with E-state index in [2.05, 4.69) is 79.2 Å². The molecule has 0 radical (unpaired) electrons. The van der Waals surface area contributed by atoms with Crippen LogP contribution in [0.15, 0.2) is 48.5 Å². The van der Waals surface area contributed by atoms with Crippen LogP contribution in [0.1, 0.15) is 27.2 Å². The molecule has 1 aromatic heterocycles. The average Bonchev–Trinajstić information content (AvgIpc) is 2.77. The van der Waals surface area contributed by atoms with E-state index in [0.29, 0.717) is 0 Å². The zero-order valence-electron chi connectivity index (χ0n) is 13.2. The molecule has 2 nitrogen and oxygen atoms in total. The molecule has 0 bridgehead atoms. The summed E-state index contributed by atoms with van der Waals surface area (Å²) < 4.78 is 2.45. The molecule has 110 valence electrons. The lowest BCUT2D eigenvalue weighted by molar-refractivity contribution is 0.415. The molecule has 1 heterocycles. The molecule has 0 aliphatic rings. The number of benzene rings is 2. The van der Waals surface area contributed by atoms with Gasteiger partial charge in [-0.3, -0.25) is 0 Å². The fourth-order valence-electron chi connectivity index (χ4n) is 2.94. The van der Waals surface area contributed by atoms with Crippen molar-refractivity contribution < 1.29 is 0 Å². The van der Waals surface area contributed by atoms with E-state index in [9.17, 15) is 0 Å². The second-order valence-corrected chi connectivity index (χ2v) is 6.72. The maximum absolute atomic E-state index is 3.57. The van der Waals surface area contributed by atoms with E-state index in [1.807, 2.05) is 0 Å². The Balaban J connectivity index is 1.89. The summed E-state index contributed by atoms with van der Waals surface area (Å²) >= 11 is 0. The molecule has 0 atom stereocenters. The highest BCUT2D eigenvalue weighted by Gasteiger charge is 2.10. The molecular weight excluding hydrogens is 256 g/mol. The summed E-state index contributed by atoms with van der Waals surface area (Å²) in [7, 11) is 0. The standard InChI is InChI=1S/C19H24N2/c1-19(2,3)20-13-8-14-21-17-11-6-4-9-15(17)16-10-5-7-12-18(16)21/h4-7,9-12,20H,8,13-14H2,1-3H3. The number of fused-ring (bicyclic) bond motifs is 3. The number of nitrogens with zero attached hydrogens (tertiary/aromatic N) is 1. The number of hydrogen-bond acceptors (Lipinski definition) is 1. The molecule has 0 aliphatic carbocycles. The highest BCUT2D eigenvalue weighted by molar-refractivity contribution is 6.07. The summed E-state index contributed by atoms with van der Waals surface area (Å²) in [5, 5.41) is 6.28. The molecule has 21 heavy (non-hydrogen) atoms. The van der Waals surface area contributed by atoms with Crippen molar-refractivity contribution in [2.45, 2.75) is 39.3 Å². The van der Waals surface area contributed by atoms with Gasteiger partial charge in [0.05, 0.1) is 0 Å². The largest absolute Gasteiger partial charge is 0.340 e. The first-order valence-corrected chi connectivity index (χ1v) is 7.77. The minimum Gasteiger partial charge on any atom is -0.340 e. The second-order valence-electron chi connectivity index (χ2n) is 6.72. The SMILES string of the molecule is CC(C)(C)NCCCn1c2ccccc2c2ccccc21. The van der Waals surface area contributed by atoms with Gasteiger partial charge in [-0.05, 0) is 45.9 Å². The summed E-state index contributed by atoms with van der Waals surface area (Å²) in [5.41, 5.74) is 2.88. The monoisotopic (exact) mass is 280 g/mol. The van der Waals surface area contributed by atoms with Crippen LogP contribution in [0.25, 0.3) is 21.8 Å². The first-order valence-electron chi connectivity index (χ1n) is 7.77. The molecule has 2 heteroatoms. The van der Waals surface area contributed by atoms with Crippen molar-refractivity contribution in [3.05, 3.63) is 48.5 Å². The Morgan fingerprint density at radius 2 is 1.38 bits per heavy atom. The van der Waals surface area contributed by atoms with Crippen molar-refractivity contribution in [1.82, 2.24) is 9.88 Å². The van der Waals surface area contributed by atoms with Gasteiger partial charge in [-0.25, -0.2) is 0 Å². The molecule has 3 rings (SSSR count). The predicted molar refractivity (Wildman–Crippen MR) is 91.8 cm³/mol. The van der Waals surface area contributed by atoms with Crippen LogP contribution in [0, 0.1) is 0 Å². The summed E-state index contributed by atoms with van der Waals surface area (Å²) in [6.45, 7) is 8.75. The van der Waals surface area contributed by atoms with E-state index in [4.69, 9.17) is 0 Å². The fourth-order valence-corrected chi connectivity index (χ4v) is 2.94. The van der Waals surface area contributed by atoms with Crippen molar-refractivity contribution in [3.8, 4) is 0 Å². The lowest BCUT2D eigenvalue weighted by atomic mass is 10.1. The molecule has 0 amide bonds. The third-order valence-corrected chi connectivity index (χ3v) is 3.89. The van der Waals surface area contributed by atoms with E-state index in [1.165, 1.54) is 21.8 Å². The minimum atomic E-state index is 0.195. The molecule has 1 N–H and O–H groups in total. The van der Waals surface area contributed by atoms with E-state index in [0.717, 1.165) is 19.5 Å². The van der Waals surface area contributed by atoms with Crippen molar-refractivity contribution in [2.75, 3.05) is 6.54 Å². The lowest BCUT2D eigenvalue weighted by Crippen LogP contribution is -2.36. The molecule has 2 aromatic carbocycles. The number of aromatic nitrogens is 1. The van der Waals surface area contributed by atoms with Gasteiger partial charge in [0.25, 0.3) is 0 Å². The van der Waals surface area contributed by atoms with Crippen LogP contribution >= 0.6 is 0 Å². The first-order chi connectivity index (χ1) is 10.1. The van der Waals surface area contributed by atoms with Crippen LogP contribution in [0.5, 0.6) is 0 Å². The van der Waals surface area contributed by atoms with Gasteiger partial charge >= 0.3 is 0 Å². The molecule has 0 spiro atoms. The maximum atomic E-state index is 3.57. The third kappa shape index (κ3) is 2.96. The van der Waals surface area contributed by atoms with Crippen LogP contribution in [0.3, 0.4) is 0 Å². The highest BCUT2D eigenvalue weighted by Crippen LogP contribution is 2.28. The Bertz CT molecular complexity index is 694. The second kappa shape index (κ2) is 5.53. The van der Waals surface area contributed by atoms with E-state index in [-0.39, 0.29) is 5.54 Å². The molecule has 0 saturated heterocycles. The Hall–Kier alpha value is -1.80. The van der Waals surface area contributed by atoms with Crippen molar-refractivity contribution in [3.63, 3.8) is 0 Å². The van der Waals surface area contributed by atoms with E-state index >= 15 is 0 Å². The fraction of sp³-hybridized carbons (Fsp3) is 0.368. The Morgan fingerprint density at radius 3 is 1.90 bits per heavy atom. The van der Waals surface area contributed by atoms with Gasteiger partial charge in [0, 0.05) is 33.9 Å². The quantitative estimate of drug-likeness (QED) is 0.693. The van der Waals surface area contributed by atoms with Gasteiger partial charge in [0.15, 0.2) is 0 Å². The summed E-state index contributed by atoms with van der Waals surface area (Å²) in [6, 6.07) is 17.4. The number of hydrogen-bond donors (Lipinski definition) is 1. The van der Waals surface area contributed by atoms with Gasteiger partial charge in [0.2, 0.25) is 0 Å². The van der Waals surface area contributed by atoms with Crippen LogP contribution in [-0.4, -0.2) is 16.7 Å². The van der Waals surface area contributed by atoms with Gasteiger partial charge in [0.1, 0.15) is 0 Å². The van der Waals surface area contributed by atoms with Crippen LogP contribution in [0.2, 0.25) is 0 Å². The zero-order chi connectivity index (χ0) is 14.9. The number of para-hydroxylation sites is 2. The molecule has 0 fully saturated rings. The number of rotatable bonds is 4. The molecule has 0 aliphatic heterocycles. The van der Waals surface area contributed by atoms with E-state index in [1.54, 1.807) is 0 Å². The number of aryl methyl sites for hydroxylation is 1. The van der Waals surface area contributed by atoms with Crippen molar-refractivity contribution in [2.24, 2.45) is 0 Å². The van der Waals surface area contributed by atoms with Gasteiger partial charge < -0.3 is 9.88 Å². The Labute approximate surface area is 126 Å². The summed E-state index contributed by atoms with van der Waals surface area (Å²) in [4.78, 5) is 0. The van der Waals surface area contributed by atoms with Crippen LogP contribution < -0.4 is 5.32 Å². The first kappa shape index (κ1) is 14.2. The molecule has 3 aromatic rings. The lowest BCUT2D eigenvalue weighted by Gasteiger charge is -2.20. The molecule has 0 unspecified atom stereocenters. The normalized spacial score (nSPS) is 12.3. The van der Waals surface area contributed by atoms with Gasteiger partial charge in [-0.15, -0.1) is 0 Å². The van der Waals surface area contributed by atoms with Gasteiger partial charge in [-0.2, -0.15) is 0 Å². The smallest absolute Gasteiger partial charge is 0.0491 e. The maximum Gasteiger partial charge on any atom is 0.0491 e. The highest BCUT2D eigenvalue weighted by atomic mass is 15.0. The van der Waals surface area contributed by atoms with Crippen molar-refractivity contribution >= 4 is 21.8 Å². The zero-order valence-corrected chi connectivity index (χ0v) is 13.2.